The summed E-state index contributed by atoms with van der Waals surface area (Å²) in [6.07, 6.45) is 1.62. The average molecular weight is 325 g/mol. The molecule has 120 valence electrons. The molecule has 0 aliphatic carbocycles. The summed E-state index contributed by atoms with van der Waals surface area (Å²) in [5.74, 6) is -0.510. The number of nitroso groups, excluding NO2 is 1. The summed E-state index contributed by atoms with van der Waals surface area (Å²) in [4.78, 5) is 25.5. The van der Waals surface area contributed by atoms with Gasteiger partial charge in [0.25, 0.3) is 0 Å². The van der Waals surface area contributed by atoms with Crippen LogP contribution in [0.2, 0.25) is 0 Å². The minimum Gasteiger partial charge on any atom is -0.496 e. The molecule has 24 heavy (non-hydrogen) atoms. The van der Waals surface area contributed by atoms with Gasteiger partial charge in [0.15, 0.2) is 0 Å². The van der Waals surface area contributed by atoms with E-state index in [1.807, 2.05) is 0 Å². The summed E-state index contributed by atoms with van der Waals surface area (Å²) in [6, 6.07) is 5.79. The fourth-order valence-electron chi connectivity index (χ4n) is 2.94. The van der Waals surface area contributed by atoms with Gasteiger partial charge in [-0.2, -0.15) is 4.99 Å². The van der Waals surface area contributed by atoms with E-state index in [1.165, 1.54) is 25.3 Å². The molecule has 0 radical (unpaired) electrons. The molecular weight excluding hydrogens is 311 g/mol. The molecule has 1 amide bonds. The second-order valence-corrected chi connectivity index (χ2v) is 5.33. The highest BCUT2D eigenvalue weighted by atomic mass is 19.1. The van der Waals surface area contributed by atoms with Gasteiger partial charge in [0.1, 0.15) is 11.6 Å². The van der Waals surface area contributed by atoms with Crippen molar-refractivity contribution in [3.8, 4) is 16.9 Å². The summed E-state index contributed by atoms with van der Waals surface area (Å²) in [5.41, 5.74) is 2.35. The van der Waals surface area contributed by atoms with E-state index in [2.05, 4.69) is 16.7 Å². The minimum atomic E-state index is -0.554. The molecule has 6 heteroatoms. The van der Waals surface area contributed by atoms with E-state index in [1.54, 1.807) is 19.1 Å². The normalized spacial score (nSPS) is 12.6. The topological polar surface area (TPSA) is 69.7 Å². The van der Waals surface area contributed by atoms with Crippen LogP contribution in [0.3, 0.4) is 0 Å². The molecule has 1 heterocycles. The van der Waals surface area contributed by atoms with Crippen molar-refractivity contribution in [2.24, 2.45) is 5.18 Å². The molecule has 0 aromatic heterocycles. The Bertz CT molecular complexity index is 1030. The number of nitrogens with one attached hydrogen (secondary N) is 1. The van der Waals surface area contributed by atoms with Crippen LogP contribution in [-0.4, -0.2) is 13.0 Å². The molecule has 3 rings (SSSR count). The number of carbonyl (C=O) groups excluding carboxylic acids is 1. The maximum absolute atomic E-state index is 13.8. The Morgan fingerprint density at radius 1 is 1.29 bits per heavy atom. The first-order valence-electron chi connectivity index (χ1n) is 7.17. The Kier molecular flexibility index (Phi) is 3.81. The molecule has 0 atom stereocenters. The second kappa shape index (κ2) is 5.81. The van der Waals surface area contributed by atoms with E-state index in [0.29, 0.717) is 33.0 Å². The van der Waals surface area contributed by atoms with Crippen molar-refractivity contribution in [3.05, 3.63) is 63.3 Å². The van der Waals surface area contributed by atoms with Crippen molar-refractivity contribution in [2.75, 3.05) is 7.11 Å². The van der Waals surface area contributed by atoms with Gasteiger partial charge in [-0.05, 0) is 47.5 Å². The van der Waals surface area contributed by atoms with Crippen LogP contribution in [0.5, 0.6) is 5.75 Å². The van der Waals surface area contributed by atoms with Gasteiger partial charge in [-0.25, -0.2) is 9.18 Å². The second-order valence-electron chi connectivity index (χ2n) is 5.33. The van der Waals surface area contributed by atoms with Crippen molar-refractivity contribution < 1.29 is 18.9 Å². The van der Waals surface area contributed by atoms with E-state index in [0.717, 1.165) is 5.56 Å². The molecule has 5 nitrogen and oxygen atoms in total. The third-order valence-corrected chi connectivity index (χ3v) is 4.08. The summed E-state index contributed by atoms with van der Waals surface area (Å²) >= 11 is 0. The van der Waals surface area contributed by atoms with Gasteiger partial charge in [0, 0.05) is 11.1 Å². The first-order chi connectivity index (χ1) is 11.5. The number of methoxy groups -OCH3 is 1. The zero-order chi connectivity index (χ0) is 17.4. The van der Waals surface area contributed by atoms with Crippen LogP contribution in [0.4, 0.5) is 4.39 Å². The van der Waals surface area contributed by atoms with E-state index < -0.39 is 11.7 Å². The highest BCUT2D eigenvalue weighted by Crippen LogP contribution is 2.33. The Morgan fingerprint density at radius 3 is 2.67 bits per heavy atom. The quantitative estimate of drug-likeness (QED) is 0.836. The van der Waals surface area contributed by atoms with Gasteiger partial charge in [0.2, 0.25) is 11.1 Å². The summed E-state index contributed by atoms with van der Waals surface area (Å²) in [5, 5.41) is 3.73. The number of halogens is 1. The van der Waals surface area contributed by atoms with Crippen LogP contribution in [0.15, 0.2) is 36.0 Å². The highest BCUT2D eigenvalue weighted by Gasteiger charge is 2.28. The van der Waals surface area contributed by atoms with Crippen LogP contribution in [0.25, 0.3) is 22.9 Å². The number of fused-ring (bicyclic) bond motifs is 1. The van der Waals surface area contributed by atoms with Gasteiger partial charge in [0.05, 0.1) is 12.3 Å². The van der Waals surface area contributed by atoms with Crippen molar-refractivity contribution >= 4 is 17.7 Å². The van der Waals surface area contributed by atoms with Gasteiger partial charge in [-0.3, -0.25) is 0 Å². The van der Waals surface area contributed by atoms with E-state index in [4.69, 9.17) is 4.74 Å². The van der Waals surface area contributed by atoms with Crippen LogP contribution < -0.4 is 20.3 Å². The lowest BCUT2D eigenvalue weighted by molar-refractivity contribution is -0.407. The van der Waals surface area contributed by atoms with E-state index in [9.17, 15) is 14.1 Å². The predicted octanol–water partition coefficient (Wildman–Crippen LogP) is 0.568. The number of benzene rings is 2. The SMILES string of the molecule is C=Cc1c(-c2cc(F)ccc2OC)cc2c(c1C)=[NH+]C(=O)C=2N=O. The zero-order valence-corrected chi connectivity index (χ0v) is 13.1. The van der Waals surface area contributed by atoms with E-state index in [-0.39, 0.29) is 5.70 Å². The third kappa shape index (κ3) is 2.23. The molecule has 2 aromatic carbocycles. The lowest BCUT2D eigenvalue weighted by atomic mass is 9.93. The third-order valence-electron chi connectivity index (χ3n) is 4.08. The molecule has 2 aromatic rings. The Morgan fingerprint density at radius 2 is 2.04 bits per heavy atom. The maximum Gasteiger partial charge on any atom is 0.441 e. The van der Waals surface area contributed by atoms with Gasteiger partial charge < -0.3 is 4.74 Å². The van der Waals surface area contributed by atoms with Crippen molar-refractivity contribution in [3.63, 3.8) is 0 Å². The lowest BCUT2D eigenvalue weighted by Crippen LogP contribution is -2.80. The van der Waals surface area contributed by atoms with Crippen molar-refractivity contribution in [1.29, 1.82) is 0 Å². The van der Waals surface area contributed by atoms with Crippen LogP contribution in [0.1, 0.15) is 11.1 Å². The first-order valence-corrected chi connectivity index (χ1v) is 7.17. The molecule has 0 saturated carbocycles. The van der Waals surface area contributed by atoms with Gasteiger partial charge in [-0.15, -0.1) is 4.91 Å². The first kappa shape index (κ1) is 15.7. The summed E-state index contributed by atoms with van der Waals surface area (Å²) in [7, 11) is 1.49. The van der Waals surface area contributed by atoms with Crippen LogP contribution >= 0.6 is 0 Å². The largest absolute Gasteiger partial charge is 0.496 e. The monoisotopic (exact) mass is 325 g/mol. The highest BCUT2D eigenvalue weighted by molar-refractivity contribution is 6.08. The number of carbonyl (C=O) groups is 1. The maximum atomic E-state index is 13.8. The van der Waals surface area contributed by atoms with Crippen LogP contribution in [-0.2, 0) is 4.79 Å². The number of ether oxygens (including phenoxy) is 1. The van der Waals surface area contributed by atoms with Crippen LogP contribution in [0, 0.1) is 17.6 Å². The zero-order valence-electron chi connectivity index (χ0n) is 13.1. The summed E-state index contributed by atoms with van der Waals surface area (Å²) < 4.78 is 19.1. The Labute approximate surface area is 136 Å². The standard InChI is InChI=1S/C18H13FN2O3/c1-4-11-9(2)16-14(17(21-23)18(22)20-16)8-12(11)13-7-10(19)5-6-15(13)24-3/h4-8H,1H2,2-3H3/p+1. The molecule has 1 aliphatic rings. The van der Waals surface area contributed by atoms with Crippen molar-refractivity contribution in [2.45, 2.75) is 6.92 Å². The van der Waals surface area contributed by atoms with Gasteiger partial charge in [-0.1, -0.05) is 12.7 Å². The molecule has 1 N–H and O–H groups in total. The molecule has 0 spiro atoms. The predicted molar refractivity (Wildman–Crippen MR) is 86.7 cm³/mol. The van der Waals surface area contributed by atoms with Crippen molar-refractivity contribution in [1.82, 2.24) is 0 Å². The lowest BCUT2D eigenvalue weighted by Gasteiger charge is -2.12. The molecule has 0 fully saturated rings. The summed E-state index contributed by atoms with van der Waals surface area (Å²) in [6.45, 7) is 5.59. The molecule has 0 unspecified atom stereocenters. The number of hydrogen-bond donors (Lipinski definition) is 1. The smallest absolute Gasteiger partial charge is 0.441 e. The number of hydrogen-bond acceptors (Lipinski definition) is 4. The Hall–Kier alpha value is -3.15. The molecule has 0 bridgehead atoms. The minimum absolute atomic E-state index is 0.194. The number of nitrogens with zero attached hydrogens (tertiary/aromatic N) is 1. The average Bonchev–Trinajstić information content (AvgIpc) is 2.90. The molecule has 1 aliphatic heterocycles. The fourth-order valence-corrected chi connectivity index (χ4v) is 2.94. The number of amides is 1. The van der Waals surface area contributed by atoms with E-state index >= 15 is 0 Å². The molecule has 0 saturated heterocycles. The Balaban J connectivity index is 2.49. The fraction of sp³-hybridized carbons (Fsp3) is 0.111. The molecular formula is C18H14FN2O3+. The number of rotatable bonds is 4. The van der Waals surface area contributed by atoms with Gasteiger partial charge >= 0.3 is 5.91 Å².